The number of nitrogens with zero attached hydrogens (tertiary/aromatic N) is 1. The maximum absolute atomic E-state index is 11.2. The predicted molar refractivity (Wildman–Crippen MR) is 49.6 cm³/mol. The summed E-state index contributed by atoms with van der Waals surface area (Å²) in [6.07, 6.45) is 3.05. The third-order valence-corrected chi connectivity index (χ3v) is 1.66. The van der Waals surface area contributed by atoms with Gasteiger partial charge in [-0.25, -0.2) is 10.8 Å². The zero-order valence-corrected chi connectivity index (χ0v) is 7.15. The molecule has 0 saturated carbocycles. The molecule has 4 N–H and O–H groups in total. The third kappa shape index (κ3) is 1.50. The SMILES string of the molecule is NNC1=NC(=Cc2ccco2)C(=O)N1. The minimum atomic E-state index is -0.311. The number of nitrogens with one attached hydrogen (secondary N) is 2. The molecule has 6 heteroatoms. The lowest BCUT2D eigenvalue weighted by atomic mass is 10.3. The summed E-state index contributed by atoms with van der Waals surface area (Å²) in [6, 6.07) is 3.45. The highest BCUT2D eigenvalue weighted by Crippen LogP contribution is 2.11. The van der Waals surface area contributed by atoms with Gasteiger partial charge in [0.05, 0.1) is 6.26 Å². The number of furan rings is 1. The summed E-state index contributed by atoms with van der Waals surface area (Å²) in [4.78, 5) is 15.1. The van der Waals surface area contributed by atoms with E-state index in [1.807, 2.05) is 0 Å². The molecular weight excluding hydrogens is 184 g/mol. The second kappa shape index (κ2) is 3.35. The fraction of sp³-hybridized carbons (Fsp3) is 0. The summed E-state index contributed by atoms with van der Waals surface area (Å²) in [5.74, 6) is 5.57. The molecular formula is C8H8N4O2. The van der Waals surface area contributed by atoms with Crippen molar-refractivity contribution in [2.45, 2.75) is 0 Å². The van der Waals surface area contributed by atoms with E-state index in [2.05, 4.69) is 15.7 Å². The molecule has 1 amide bonds. The average molecular weight is 192 g/mol. The normalized spacial score (nSPS) is 18.2. The molecule has 0 aromatic carbocycles. The monoisotopic (exact) mass is 192 g/mol. The van der Waals surface area contributed by atoms with Crippen LogP contribution in [0.5, 0.6) is 0 Å². The van der Waals surface area contributed by atoms with Gasteiger partial charge in [0.1, 0.15) is 11.5 Å². The van der Waals surface area contributed by atoms with Crippen molar-refractivity contribution in [1.29, 1.82) is 0 Å². The van der Waals surface area contributed by atoms with Crippen LogP contribution in [0.1, 0.15) is 5.76 Å². The lowest BCUT2D eigenvalue weighted by Crippen LogP contribution is -2.40. The van der Waals surface area contributed by atoms with Crippen molar-refractivity contribution < 1.29 is 9.21 Å². The Hall–Kier alpha value is -2.08. The summed E-state index contributed by atoms with van der Waals surface area (Å²) in [5.41, 5.74) is 2.51. The molecule has 1 aliphatic heterocycles. The first-order chi connectivity index (χ1) is 6.79. The molecule has 2 heterocycles. The summed E-state index contributed by atoms with van der Waals surface area (Å²) in [7, 11) is 0. The first-order valence-electron chi connectivity index (χ1n) is 3.91. The predicted octanol–water partition coefficient (Wildman–Crippen LogP) is -0.430. The van der Waals surface area contributed by atoms with Crippen LogP contribution in [-0.2, 0) is 4.79 Å². The first-order valence-corrected chi connectivity index (χ1v) is 3.91. The summed E-state index contributed by atoms with van der Waals surface area (Å²) in [6.45, 7) is 0. The second-order valence-electron chi connectivity index (χ2n) is 2.60. The summed E-state index contributed by atoms with van der Waals surface area (Å²) >= 11 is 0. The molecule has 6 nitrogen and oxygen atoms in total. The van der Waals surface area contributed by atoms with Gasteiger partial charge in [0.15, 0.2) is 0 Å². The molecule has 0 fully saturated rings. The van der Waals surface area contributed by atoms with Crippen molar-refractivity contribution in [2.24, 2.45) is 10.8 Å². The van der Waals surface area contributed by atoms with Crippen molar-refractivity contribution in [1.82, 2.24) is 10.7 Å². The Kier molecular flexibility index (Phi) is 2.04. The standard InChI is InChI=1S/C8H8N4O2/c9-12-8-10-6(7(13)11-8)4-5-2-1-3-14-5/h1-4H,9H2,(H2,10,11,12,13). The highest BCUT2D eigenvalue weighted by atomic mass is 16.3. The van der Waals surface area contributed by atoms with E-state index < -0.39 is 0 Å². The van der Waals surface area contributed by atoms with Crippen LogP contribution < -0.4 is 16.6 Å². The number of aliphatic imine (C=N–C) groups is 1. The van der Waals surface area contributed by atoms with Crippen LogP contribution in [0.3, 0.4) is 0 Å². The molecule has 1 aromatic rings. The fourth-order valence-electron chi connectivity index (χ4n) is 1.05. The quantitative estimate of drug-likeness (QED) is 0.320. The number of hydrogen-bond acceptors (Lipinski definition) is 5. The second-order valence-corrected chi connectivity index (χ2v) is 2.60. The number of nitrogens with two attached hydrogens (primary N) is 1. The van der Waals surface area contributed by atoms with Crippen molar-refractivity contribution in [3.8, 4) is 0 Å². The Morgan fingerprint density at radius 1 is 1.64 bits per heavy atom. The van der Waals surface area contributed by atoms with Crippen LogP contribution in [0.2, 0.25) is 0 Å². The molecule has 0 atom stereocenters. The van der Waals surface area contributed by atoms with Gasteiger partial charge in [0.2, 0.25) is 5.96 Å². The van der Waals surface area contributed by atoms with E-state index in [0.29, 0.717) is 5.76 Å². The van der Waals surface area contributed by atoms with Gasteiger partial charge in [-0.3, -0.25) is 15.5 Å². The van der Waals surface area contributed by atoms with Crippen LogP contribution in [-0.4, -0.2) is 11.9 Å². The number of hydrazine groups is 1. The van der Waals surface area contributed by atoms with E-state index in [9.17, 15) is 4.79 Å². The Morgan fingerprint density at radius 3 is 3.07 bits per heavy atom. The molecule has 1 aliphatic rings. The maximum Gasteiger partial charge on any atom is 0.276 e. The first kappa shape index (κ1) is 8.52. The van der Waals surface area contributed by atoms with Gasteiger partial charge in [0.25, 0.3) is 5.91 Å². The molecule has 14 heavy (non-hydrogen) atoms. The number of guanidine groups is 1. The van der Waals surface area contributed by atoms with Crippen molar-refractivity contribution in [3.05, 3.63) is 29.9 Å². The van der Waals surface area contributed by atoms with Crippen LogP contribution >= 0.6 is 0 Å². The van der Waals surface area contributed by atoms with E-state index in [1.165, 1.54) is 12.3 Å². The summed E-state index contributed by atoms with van der Waals surface area (Å²) in [5, 5.41) is 2.43. The molecule has 0 spiro atoms. The van der Waals surface area contributed by atoms with E-state index in [4.69, 9.17) is 10.3 Å². The fourth-order valence-corrected chi connectivity index (χ4v) is 1.05. The van der Waals surface area contributed by atoms with Crippen LogP contribution in [0, 0.1) is 0 Å². The van der Waals surface area contributed by atoms with Crippen LogP contribution in [0.25, 0.3) is 6.08 Å². The molecule has 72 valence electrons. The Labute approximate surface area is 79.5 Å². The molecule has 2 rings (SSSR count). The van der Waals surface area contributed by atoms with E-state index in [0.717, 1.165) is 0 Å². The molecule has 0 aliphatic carbocycles. The van der Waals surface area contributed by atoms with Gasteiger partial charge < -0.3 is 4.42 Å². The Bertz CT molecular complexity index is 405. The van der Waals surface area contributed by atoms with Crippen molar-refractivity contribution in [2.75, 3.05) is 0 Å². The highest BCUT2D eigenvalue weighted by molar-refractivity contribution is 6.13. The topological polar surface area (TPSA) is 92.7 Å². The van der Waals surface area contributed by atoms with Gasteiger partial charge in [-0.15, -0.1) is 0 Å². The number of rotatable bonds is 1. The molecule has 0 saturated heterocycles. The molecule has 0 radical (unpaired) electrons. The third-order valence-electron chi connectivity index (χ3n) is 1.66. The van der Waals surface area contributed by atoms with E-state index in [-0.39, 0.29) is 17.6 Å². The van der Waals surface area contributed by atoms with Crippen LogP contribution in [0.4, 0.5) is 0 Å². The lowest BCUT2D eigenvalue weighted by Gasteiger charge is -1.93. The van der Waals surface area contributed by atoms with Gasteiger partial charge in [-0.2, -0.15) is 0 Å². The molecule has 1 aromatic heterocycles. The van der Waals surface area contributed by atoms with Gasteiger partial charge in [-0.1, -0.05) is 0 Å². The maximum atomic E-state index is 11.2. The number of carbonyl (C=O) groups is 1. The lowest BCUT2D eigenvalue weighted by molar-refractivity contribution is -0.115. The van der Waals surface area contributed by atoms with Crippen LogP contribution in [0.15, 0.2) is 33.5 Å². The highest BCUT2D eigenvalue weighted by Gasteiger charge is 2.19. The van der Waals surface area contributed by atoms with E-state index >= 15 is 0 Å². The minimum absolute atomic E-state index is 0.229. The Morgan fingerprint density at radius 2 is 2.50 bits per heavy atom. The average Bonchev–Trinajstić information content (AvgIpc) is 2.78. The smallest absolute Gasteiger partial charge is 0.276 e. The number of amides is 1. The van der Waals surface area contributed by atoms with Gasteiger partial charge in [0, 0.05) is 6.08 Å². The van der Waals surface area contributed by atoms with Gasteiger partial charge >= 0.3 is 0 Å². The van der Waals surface area contributed by atoms with Crippen molar-refractivity contribution in [3.63, 3.8) is 0 Å². The molecule has 0 unspecified atom stereocenters. The van der Waals surface area contributed by atoms with Crippen molar-refractivity contribution >= 4 is 17.9 Å². The Balaban J connectivity index is 2.27. The van der Waals surface area contributed by atoms with Gasteiger partial charge in [-0.05, 0) is 12.1 Å². The zero-order valence-electron chi connectivity index (χ0n) is 7.15. The largest absolute Gasteiger partial charge is 0.465 e. The number of carbonyl (C=O) groups excluding carboxylic acids is 1. The minimum Gasteiger partial charge on any atom is -0.465 e. The zero-order chi connectivity index (χ0) is 9.97. The van der Waals surface area contributed by atoms with E-state index in [1.54, 1.807) is 12.1 Å². The number of hydrogen-bond donors (Lipinski definition) is 3. The molecule has 0 bridgehead atoms. The summed E-state index contributed by atoms with van der Waals surface area (Å²) < 4.78 is 5.04.